The molecule has 0 saturated carbocycles. The molecule has 0 aromatic heterocycles. The third-order valence-electron chi connectivity index (χ3n) is 3.28. The van der Waals surface area contributed by atoms with Gasteiger partial charge in [0.2, 0.25) is 10.0 Å². The Labute approximate surface area is 154 Å². The molecule has 0 saturated heterocycles. The number of carbonyl (C=O) groups excluding carboxylic acids is 2. The van der Waals surface area contributed by atoms with Crippen molar-refractivity contribution in [3.8, 4) is 0 Å². The molecule has 0 aliphatic carbocycles. The molecule has 27 heavy (non-hydrogen) atoms. The van der Waals surface area contributed by atoms with Crippen LogP contribution in [0, 0.1) is 11.6 Å². The number of hydrogen-bond donors (Lipinski definition) is 2. The number of benzene rings is 2. The third kappa shape index (κ3) is 6.12. The lowest BCUT2D eigenvalue weighted by atomic mass is 10.3. The van der Waals surface area contributed by atoms with Crippen LogP contribution in [0.15, 0.2) is 53.4 Å². The van der Waals surface area contributed by atoms with E-state index in [9.17, 15) is 26.8 Å². The summed E-state index contributed by atoms with van der Waals surface area (Å²) in [6.07, 6.45) is -1.25. The second-order valence-corrected chi connectivity index (χ2v) is 7.18. The summed E-state index contributed by atoms with van der Waals surface area (Å²) in [6.45, 7) is 0.518. The Bertz CT molecular complexity index is 950. The minimum absolute atomic E-state index is 0.176. The lowest BCUT2D eigenvalue weighted by Crippen LogP contribution is -2.35. The molecular formula is C17H16F2N2O5S. The number of sulfonamides is 1. The summed E-state index contributed by atoms with van der Waals surface area (Å²) in [5.74, 6) is -3.04. The van der Waals surface area contributed by atoms with Gasteiger partial charge in [0.25, 0.3) is 5.91 Å². The van der Waals surface area contributed by atoms with E-state index < -0.39 is 46.2 Å². The van der Waals surface area contributed by atoms with Gasteiger partial charge in [-0.25, -0.2) is 17.2 Å². The molecule has 0 unspecified atom stereocenters. The molecule has 2 aromatic rings. The average molecular weight is 398 g/mol. The van der Waals surface area contributed by atoms with Crippen LogP contribution < -0.4 is 10.0 Å². The number of hydrogen-bond acceptors (Lipinski definition) is 5. The molecule has 2 rings (SSSR count). The molecule has 2 N–H and O–H groups in total. The van der Waals surface area contributed by atoms with E-state index in [1.165, 1.54) is 31.2 Å². The fourth-order valence-electron chi connectivity index (χ4n) is 1.97. The molecule has 1 amide bonds. The maximum atomic E-state index is 13.1. The highest BCUT2D eigenvalue weighted by Gasteiger charge is 2.21. The van der Waals surface area contributed by atoms with Crippen LogP contribution in [0.2, 0.25) is 0 Å². The highest BCUT2D eigenvalue weighted by atomic mass is 32.2. The Kier molecular flexibility index (Phi) is 6.59. The van der Waals surface area contributed by atoms with E-state index >= 15 is 0 Å². The van der Waals surface area contributed by atoms with Crippen molar-refractivity contribution in [1.29, 1.82) is 0 Å². The smallest absolute Gasteiger partial charge is 0.321 e. The molecule has 0 aliphatic rings. The number of anilines is 1. The van der Waals surface area contributed by atoms with E-state index in [4.69, 9.17) is 4.74 Å². The number of rotatable bonds is 7. The highest BCUT2D eigenvalue weighted by Crippen LogP contribution is 2.11. The first-order valence-corrected chi connectivity index (χ1v) is 9.17. The van der Waals surface area contributed by atoms with Gasteiger partial charge >= 0.3 is 5.97 Å². The molecule has 10 heteroatoms. The van der Waals surface area contributed by atoms with Crippen LogP contribution >= 0.6 is 0 Å². The number of halogens is 2. The van der Waals surface area contributed by atoms with E-state index in [0.29, 0.717) is 0 Å². The number of amides is 1. The van der Waals surface area contributed by atoms with Crippen molar-refractivity contribution in [2.45, 2.75) is 17.9 Å². The molecule has 2 aromatic carbocycles. The highest BCUT2D eigenvalue weighted by molar-refractivity contribution is 7.89. The topological polar surface area (TPSA) is 102 Å². The van der Waals surface area contributed by atoms with Gasteiger partial charge < -0.3 is 10.1 Å². The second kappa shape index (κ2) is 8.69. The van der Waals surface area contributed by atoms with Crippen LogP contribution in [-0.2, 0) is 24.3 Å². The Hall–Kier alpha value is -2.85. The van der Waals surface area contributed by atoms with Crippen molar-refractivity contribution in [1.82, 2.24) is 4.72 Å². The van der Waals surface area contributed by atoms with E-state index in [1.807, 2.05) is 4.72 Å². The first-order valence-electron chi connectivity index (χ1n) is 7.68. The lowest BCUT2D eigenvalue weighted by Gasteiger charge is -2.14. The van der Waals surface area contributed by atoms with E-state index in [0.717, 1.165) is 24.3 Å². The van der Waals surface area contributed by atoms with Crippen molar-refractivity contribution in [3.63, 3.8) is 0 Å². The zero-order valence-electron chi connectivity index (χ0n) is 14.1. The molecular weight excluding hydrogens is 382 g/mol. The Morgan fingerprint density at radius 3 is 2.33 bits per heavy atom. The SMILES string of the molecule is C[C@H](OC(=O)CNS(=O)(=O)c1cccc(F)c1)C(=O)Nc1cccc(F)c1. The van der Waals surface area contributed by atoms with Crippen molar-refractivity contribution < 1.29 is 31.5 Å². The molecule has 0 fully saturated rings. The fraction of sp³-hybridized carbons (Fsp3) is 0.176. The summed E-state index contributed by atoms with van der Waals surface area (Å²) in [5.41, 5.74) is 0.176. The van der Waals surface area contributed by atoms with Crippen molar-refractivity contribution >= 4 is 27.6 Å². The van der Waals surface area contributed by atoms with Crippen LogP contribution in [0.5, 0.6) is 0 Å². The number of esters is 1. The van der Waals surface area contributed by atoms with Gasteiger partial charge in [0, 0.05) is 5.69 Å². The van der Waals surface area contributed by atoms with Gasteiger partial charge in [-0.05, 0) is 43.3 Å². The molecule has 1 atom stereocenters. The summed E-state index contributed by atoms with van der Waals surface area (Å²) in [4.78, 5) is 23.3. The first kappa shape index (κ1) is 20.5. The maximum Gasteiger partial charge on any atom is 0.321 e. The summed E-state index contributed by atoms with van der Waals surface area (Å²) < 4.78 is 56.9. The van der Waals surface area contributed by atoms with Gasteiger partial charge in [0.15, 0.2) is 6.10 Å². The zero-order chi connectivity index (χ0) is 20.0. The minimum atomic E-state index is -4.12. The van der Waals surface area contributed by atoms with Crippen molar-refractivity contribution in [2.24, 2.45) is 0 Å². The number of ether oxygens (including phenoxy) is 1. The molecule has 0 aliphatic heterocycles. The van der Waals surface area contributed by atoms with Gasteiger partial charge in [-0.2, -0.15) is 4.72 Å². The summed E-state index contributed by atoms with van der Waals surface area (Å²) in [6, 6.07) is 9.36. The molecule has 0 radical (unpaired) electrons. The van der Waals surface area contributed by atoms with Gasteiger partial charge in [-0.15, -0.1) is 0 Å². The molecule has 7 nitrogen and oxygen atoms in total. The average Bonchev–Trinajstić information content (AvgIpc) is 2.60. The van der Waals surface area contributed by atoms with Gasteiger partial charge in [-0.3, -0.25) is 9.59 Å². The second-order valence-electron chi connectivity index (χ2n) is 5.41. The van der Waals surface area contributed by atoms with Crippen molar-refractivity contribution in [3.05, 3.63) is 60.2 Å². The van der Waals surface area contributed by atoms with Gasteiger partial charge in [-0.1, -0.05) is 12.1 Å². The first-order chi connectivity index (χ1) is 12.7. The van der Waals surface area contributed by atoms with Gasteiger partial charge in [0.05, 0.1) is 4.90 Å². The van der Waals surface area contributed by atoms with E-state index in [-0.39, 0.29) is 10.6 Å². The predicted octanol–water partition coefficient (Wildman–Crippen LogP) is 1.81. The molecule has 144 valence electrons. The largest absolute Gasteiger partial charge is 0.452 e. The van der Waals surface area contributed by atoms with E-state index in [2.05, 4.69) is 5.32 Å². The quantitative estimate of drug-likeness (QED) is 0.693. The van der Waals surface area contributed by atoms with E-state index in [1.54, 1.807) is 0 Å². The van der Waals surface area contributed by atoms with Crippen molar-refractivity contribution in [2.75, 3.05) is 11.9 Å². The monoisotopic (exact) mass is 398 g/mol. The fourth-order valence-corrected chi connectivity index (χ4v) is 2.97. The third-order valence-corrected chi connectivity index (χ3v) is 4.68. The maximum absolute atomic E-state index is 13.1. The Morgan fingerprint density at radius 2 is 1.70 bits per heavy atom. The predicted molar refractivity (Wildman–Crippen MR) is 92.2 cm³/mol. The minimum Gasteiger partial charge on any atom is -0.452 e. The van der Waals surface area contributed by atoms with Gasteiger partial charge in [0.1, 0.15) is 18.2 Å². The van der Waals surface area contributed by atoms with Crippen LogP contribution in [0.4, 0.5) is 14.5 Å². The summed E-state index contributed by atoms with van der Waals surface area (Å²) in [5, 5.41) is 2.36. The number of carbonyl (C=O) groups is 2. The Balaban J connectivity index is 1.88. The lowest BCUT2D eigenvalue weighted by molar-refractivity contribution is -0.151. The number of nitrogens with one attached hydrogen (secondary N) is 2. The zero-order valence-corrected chi connectivity index (χ0v) is 14.9. The molecule has 0 spiro atoms. The van der Waals surface area contributed by atoms with Crippen LogP contribution in [0.1, 0.15) is 6.92 Å². The standard InChI is InChI=1S/C17H16F2N2O5S/c1-11(17(23)21-14-6-2-4-12(18)8-14)26-16(22)10-20-27(24,25)15-7-3-5-13(19)9-15/h2-9,11,20H,10H2,1H3,(H,21,23)/t11-/m0/s1. The summed E-state index contributed by atoms with van der Waals surface area (Å²) in [7, 11) is -4.12. The van der Waals surface area contributed by atoms with Crippen LogP contribution in [-0.4, -0.2) is 32.9 Å². The summed E-state index contributed by atoms with van der Waals surface area (Å²) >= 11 is 0. The Morgan fingerprint density at radius 1 is 1.07 bits per heavy atom. The van der Waals surface area contributed by atoms with Crippen LogP contribution in [0.25, 0.3) is 0 Å². The molecule has 0 bridgehead atoms. The normalized spacial score (nSPS) is 12.3. The van der Waals surface area contributed by atoms with Crippen LogP contribution in [0.3, 0.4) is 0 Å². The molecule has 0 heterocycles.